The van der Waals surface area contributed by atoms with Crippen LogP contribution < -0.4 is 5.32 Å². The van der Waals surface area contributed by atoms with Crippen molar-refractivity contribution in [3.8, 4) is 6.07 Å². The standard InChI is InChI=1S/C9H6N2O.ClH/c10-5-6-1-2-8-7(3-6)4-9(12)11-8;/h1-3H,4H2,(H,11,12);1H. The predicted molar refractivity (Wildman–Crippen MR) is 50.7 cm³/mol. The van der Waals surface area contributed by atoms with Gasteiger partial charge in [-0.05, 0) is 23.8 Å². The number of nitriles is 1. The Balaban J connectivity index is 0.000000845. The summed E-state index contributed by atoms with van der Waals surface area (Å²) in [5.74, 6) is 0.0000831. The summed E-state index contributed by atoms with van der Waals surface area (Å²) in [4.78, 5) is 10.9. The van der Waals surface area contributed by atoms with Crippen molar-refractivity contribution in [2.45, 2.75) is 6.42 Å². The van der Waals surface area contributed by atoms with E-state index < -0.39 is 0 Å². The molecule has 1 aliphatic rings. The summed E-state index contributed by atoms with van der Waals surface area (Å²) in [5, 5.41) is 11.3. The summed E-state index contributed by atoms with van der Waals surface area (Å²) < 4.78 is 0. The number of halogens is 1. The lowest BCUT2D eigenvalue weighted by Gasteiger charge is -1.96. The van der Waals surface area contributed by atoms with E-state index in [-0.39, 0.29) is 18.3 Å². The fourth-order valence-corrected chi connectivity index (χ4v) is 1.30. The molecule has 0 spiro atoms. The van der Waals surface area contributed by atoms with Crippen LogP contribution in [0.1, 0.15) is 11.1 Å². The summed E-state index contributed by atoms with van der Waals surface area (Å²) in [5.41, 5.74) is 2.35. The lowest BCUT2D eigenvalue weighted by atomic mass is 10.1. The number of carbonyl (C=O) groups excluding carboxylic acids is 1. The van der Waals surface area contributed by atoms with Crippen LogP contribution in [0.5, 0.6) is 0 Å². The fourth-order valence-electron chi connectivity index (χ4n) is 1.30. The molecule has 0 saturated carbocycles. The average Bonchev–Trinajstić information content (AvgIpc) is 2.43. The molecular weight excluding hydrogens is 188 g/mol. The van der Waals surface area contributed by atoms with Gasteiger partial charge in [0.05, 0.1) is 18.1 Å². The first kappa shape index (κ1) is 9.56. The Morgan fingerprint density at radius 1 is 1.46 bits per heavy atom. The second-order valence-electron chi connectivity index (χ2n) is 2.71. The smallest absolute Gasteiger partial charge is 0.228 e. The van der Waals surface area contributed by atoms with Gasteiger partial charge in [0.25, 0.3) is 0 Å². The van der Waals surface area contributed by atoms with Crippen molar-refractivity contribution >= 4 is 24.0 Å². The number of hydrogen-bond donors (Lipinski definition) is 1. The topological polar surface area (TPSA) is 52.9 Å². The van der Waals surface area contributed by atoms with E-state index in [1.807, 2.05) is 6.07 Å². The molecule has 0 saturated heterocycles. The maximum absolute atomic E-state index is 10.9. The van der Waals surface area contributed by atoms with Crippen molar-refractivity contribution in [1.29, 1.82) is 5.26 Å². The van der Waals surface area contributed by atoms with Crippen LogP contribution in [0, 0.1) is 11.3 Å². The van der Waals surface area contributed by atoms with E-state index in [0.717, 1.165) is 11.3 Å². The SMILES string of the molecule is Cl.N#Cc1ccc2c(c1)CC(=O)N2. The Labute approximate surface area is 81.8 Å². The minimum atomic E-state index is 0. The molecule has 1 aliphatic heterocycles. The van der Waals surface area contributed by atoms with Crippen molar-refractivity contribution in [3.63, 3.8) is 0 Å². The number of nitrogens with zero attached hydrogens (tertiary/aromatic N) is 1. The summed E-state index contributed by atoms with van der Waals surface area (Å²) >= 11 is 0. The van der Waals surface area contributed by atoms with Gasteiger partial charge in [0.2, 0.25) is 5.91 Å². The third kappa shape index (κ3) is 1.63. The summed E-state index contributed by atoms with van der Waals surface area (Å²) in [6.07, 6.45) is 0.394. The van der Waals surface area contributed by atoms with E-state index >= 15 is 0 Å². The van der Waals surface area contributed by atoms with Gasteiger partial charge in [-0.25, -0.2) is 0 Å². The maximum Gasteiger partial charge on any atom is 0.228 e. The molecule has 0 aliphatic carbocycles. The van der Waals surface area contributed by atoms with Crippen LogP contribution in [0.25, 0.3) is 0 Å². The van der Waals surface area contributed by atoms with Crippen LogP contribution in [0.3, 0.4) is 0 Å². The molecule has 13 heavy (non-hydrogen) atoms. The van der Waals surface area contributed by atoms with Crippen molar-refractivity contribution in [1.82, 2.24) is 0 Å². The molecule has 2 rings (SSSR count). The van der Waals surface area contributed by atoms with Gasteiger partial charge in [0.15, 0.2) is 0 Å². The molecule has 0 bridgehead atoms. The number of fused-ring (bicyclic) bond motifs is 1. The molecule has 0 radical (unpaired) electrons. The van der Waals surface area contributed by atoms with Crippen LogP contribution in [0.4, 0.5) is 5.69 Å². The zero-order chi connectivity index (χ0) is 8.55. The van der Waals surface area contributed by atoms with Crippen molar-refractivity contribution in [3.05, 3.63) is 29.3 Å². The number of carbonyl (C=O) groups is 1. The number of amides is 1. The van der Waals surface area contributed by atoms with Gasteiger partial charge >= 0.3 is 0 Å². The van der Waals surface area contributed by atoms with E-state index in [1.165, 1.54) is 0 Å². The maximum atomic E-state index is 10.9. The summed E-state index contributed by atoms with van der Waals surface area (Å²) in [6.45, 7) is 0. The van der Waals surface area contributed by atoms with E-state index in [2.05, 4.69) is 5.32 Å². The first-order valence-electron chi connectivity index (χ1n) is 3.62. The Bertz CT molecular complexity index is 395. The fraction of sp³-hybridized carbons (Fsp3) is 0.111. The molecule has 1 aromatic carbocycles. The molecule has 3 nitrogen and oxygen atoms in total. The van der Waals surface area contributed by atoms with Crippen LogP contribution in [-0.4, -0.2) is 5.91 Å². The van der Waals surface area contributed by atoms with Gasteiger partial charge in [-0.3, -0.25) is 4.79 Å². The van der Waals surface area contributed by atoms with Crippen LogP contribution >= 0.6 is 12.4 Å². The molecule has 0 unspecified atom stereocenters. The quantitative estimate of drug-likeness (QED) is 0.680. The first-order chi connectivity index (χ1) is 5.79. The second kappa shape index (κ2) is 3.46. The molecule has 1 amide bonds. The highest BCUT2D eigenvalue weighted by molar-refractivity contribution is 5.99. The number of nitrogens with one attached hydrogen (secondary N) is 1. The molecular formula is C9H7ClN2O. The lowest BCUT2D eigenvalue weighted by Crippen LogP contribution is -2.03. The van der Waals surface area contributed by atoms with Crippen molar-refractivity contribution < 1.29 is 4.79 Å². The van der Waals surface area contributed by atoms with Crippen molar-refractivity contribution in [2.24, 2.45) is 0 Å². The normalized spacial score (nSPS) is 12.4. The van der Waals surface area contributed by atoms with E-state index in [0.29, 0.717) is 12.0 Å². The Morgan fingerprint density at radius 3 is 2.92 bits per heavy atom. The van der Waals surface area contributed by atoms with Crippen LogP contribution in [0.15, 0.2) is 18.2 Å². The minimum absolute atomic E-state index is 0. The van der Waals surface area contributed by atoms with Crippen LogP contribution in [-0.2, 0) is 11.2 Å². The Kier molecular flexibility index (Phi) is 2.54. The number of hydrogen-bond acceptors (Lipinski definition) is 2. The molecule has 0 fully saturated rings. The molecule has 4 heteroatoms. The molecule has 66 valence electrons. The van der Waals surface area contributed by atoms with E-state index in [9.17, 15) is 4.79 Å². The monoisotopic (exact) mass is 194 g/mol. The zero-order valence-electron chi connectivity index (χ0n) is 6.70. The summed E-state index contributed by atoms with van der Waals surface area (Å²) in [6, 6.07) is 7.24. The minimum Gasteiger partial charge on any atom is -0.326 e. The van der Waals surface area contributed by atoms with Crippen molar-refractivity contribution in [2.75, 3.05) is 5.32 Å². The highest BCUT2D eigenvalue weighted by atomic mass is 35.5. The highest BCUT2D eigenvalue weighted by Crippen LogP contribution is 2.23. The van der Waals surface area contributed by atoms with Gasteiger partial charge < -0.3 is 5.32 Å². The highest BCUT2D eigenvalue weighted by Gasteiger charge is 2.16. The third-order valence-corrected chi connectivity index (χ3v) is 1.86. The van der Waals surface area contributed by atoms with E-state index in [4.69, 9.17) is 5.26 Å². The predicted octanol–water partition coefficient (Wildman–Crippen LogP) is 1.47. The Morgan fingerprint density at radius 2 is 2.23 bits per heavy atom. The summed E-state index contributed by atoms with van der Waals surface area (Å²) in [7, 11) is 0. The average molecular weight is 195 g/mol. The van der Waals surface area contributed by atoms with Gasteiger partial charge in [-0.2, -0.15) is 5.26 Å². The first-order valence-corrected chi connectivity index (χ1v) is 3.62. The lowest BCUT2D eigenvalue weighted by molar-refractivity contribution is -0.115. The molecule has 1 heterocycles. The number of benzene rings is 1. The Hall–Kier alpha value is -1.53. The molecule has 1 N–H and O–H groups in total. The van der Waals surface area contributed by atoms with Gasteiger partial charge in [0.1, 0.15) is 0 Å². The van der Waals surface area contributed by atoms with E-state index in [1.54, 1.807) is 18.2 Å². The number of rotatable bonds is 0. The molecule has 0 atom stereocenters. The largest absolute Gasteiger partial charge is 0.326 e. The van der Waals surface area contributed by atoms with Gasteiger partial charge in [0, 0.05) is 5.69 Å². The van der Waals surface area contributed by atoms with Gasteiger partial charge in [-0.15, -0.1) is 12.4 Å². The zero-order valence-corrected chi connectivity index (χ0v) is 7.52. The third-order valence-electron chi connectivity index (χ3n) is 1.86. The molecule has 1 aromatic rings. The van der Waals surface area contributed by atoms with Gasteiger partial charge in [-0.1, -0.05) is 0 Å². The second-order valence-corrected chi connectivity index (χ2v) is 2.71. The molecule has 0 aromatic heterocycles. The number of anilines is 1. The van der Waals surface area contributed by atoms with Crippen LogP contribution in [0.2, 0.25) is 0 Å².